The van der Waals surface area contributed by atoms with Gasteiger partial charge in [0.25, 0.3) is 0 Å². The zero-order valence-corrected chi connectivity index (χ0v) is 15.6. The monoisotopic (exact) mass is 374 g/mol. The fraction of sp³-hybridized carbons (Fsp3) is 0.600. The lowest BCUT2D eigenvalue weighted by atomic mass is 9.95. The van der Waals surface area contributed by atoms with Crippen LogP contribution in [0.1, 0.15) is 49.8 Å². The topological polar surface area (TPSA) is 61.2 Å². The van der Waals surface area contributed by atoms with E-state index in [0.717, 1.165) is 44.8 Å². The van der Waals surface area contributed by atoms with Crippen LogP contribution in [0.3, 0.4) is 0 Å². The Hall–Kier alpha value is -1.99. The summed E-state index contributed by atoms with van der Waals surface area (Å²) in [6.07, 6.45) is 6.93. The first-order chi connectivity index (χ1) is 13.3. The van der Waals surface area contributed by atoms with E-state index in [-0.39, 0.29) is 18.5 Å². The van der Waals surface area contributed by atoms with Crippen LogP contribution in [0.5, 0.6) is 5.75 Å². The van der Waals surface area contributed by atoms with Crippen LogP contribution in [0.2, 0.25) is 0 Å². The maximum atomic E-state index is 13.3. The minimum absolute atomic E-state index is 0.127. The van der Waals surface area contributed by atoms with Gasteiger partial charge in [-0.25, -0.2) is 14.1 Å². The minimum Gasteiger partial charge on any atom is -0.485 e. The lowest BCUT2D eigenvalue weighted by Crippen LogP contribution is -2.40. The average molecular weight is 374 g/mol. The van der Waals surface area contributed by atoms with Gasteiger partial charge in [0.1, 0.15) is 24.0 Å². The second kappa shape index (κ2) is 8.80. The molecule has 2 aromatic rings. The first kappa shape index (κ1) is 18.4. The highest BCUT2D eigenvalue weighted by Crippen LogP contribution is 2.29. The van der Waals surface area contributed by atoms with Gasteiger partial charge in [-0.2, -0.15) is 5.10 Å². The second-order valence-electron chi connectivity index (χ2n) is 7.33. The molecule has 2 heterocycles. The molecule has 7 heteroatoms. The van der Waals surface area contributed by atoms with E-state index < -0.39 is 0 Å². The van der Waals surface area contributed by atoms with E-state index in [1.54, 1.807) is 12.1 Å². The third-order valence-corrected chi connectivity index (χ3v) is 5.24. The molecule has 4 rings (SSSR count). The highest BCUT2D eigenvalue weighted by Gasteiger charge is 2.24. The third kappa shape index (κ3) is 4.84. The molecular weight excluding hydrogens is 347 g/mol. The number of hydrogen-bond donors (Lipinski definition) is 1. The largest absolute Gasteiger partial charge is 0.485 e. The molecule has 1 atom stereocenters. The van der Waals surface area contributed by atoms with Crippen molar-refractivity contribution in [1.29, 1.82) is 0 Å². The first-order valence-electron chi connectivity index (χ1n) is 9.93. The van der Waals surface area contributed by atoms with Gasteiger partial charge in [-0.3, -0.25) is 0 Å². The molecule has 1 saturated heterocycles. The molecular formula is C20H27FN4O2. The Labute approximate surface area is 159 Å². The fourth-order valence-corrected chi connectivity index (χ4v) is 3.88. The molecule has 0 bridgehead atoms. The van der Waals surface area contributed by atoms with Crippen LogP contribution in [0.25, 0.3) is 0 Å². The van der Waals surface area contributed by atoms with E-state index in [9.17, 15) is 4.39 Å². The van der Waals surface area contributed by atoms with Crippen molar-refractivity contribution in [2.24, 2.45) is 0 Å². The van der Waals surface area contributed by atoms with Crippen LogP contribution in [-0.4, -0.2) is 40.6 Å². The molecule has 0 unspecified atom stereocenters. The van der Waals surface area contributed by atoms with Crippen LogP contribution < -0.4 is 10.1 Å². The number of ether oxygens (including phenoxy) is 2. The molecule has 146 valence electrons. The molecule has 1 aromatic carbocycles. The smallest absolute Gasteiger partial charge is 0.188 e. The van der Waals surface area contributed by atoms with Gasteiger partial charge >= 0.3 is 0 Å². The molecule has 27 heavy (non-hydrogen) atoms. The molecule has 6 nitrogen and oxygen atoms in total. The minimum atomic E-state index is -0.309. The van der Waals surface area contributed by atoms with E-state index in [1.165, 1.54) is 31.4 Å². The van der Waals surface area contributed by atoms with Crippen molar-refractivity contribution in [3.63, 3.8) is 0 Å². The van der Waals surface area contributed by atoms with Gasteiger partial charge in [0.15, 0.2) is 5.82 Å². The zero-order valence-electron chi connectivity index (χ0n) is 15.6. The van der Waals surface area contributed by atoms with E-state index in [1.807, 2.05) is 0 Å². The summed E-state index contributed by atoms with van der Waals surface area (Å²) in [5, 5.41) is 8.12. The fourth-order valence-electron chi connectivity index (χ4n) is 3.88. The molecule has 1 saturated carbocycles. The van der Waals surface area contributed by atoms with E-state index in [4.69, 9.17) is 19.6 Å². The van der Waals surface area contributed by atoms with Crippen molar-refractivity contribution < 1.29 is 13.9 Å². The molecule has 0 spiro atoms. The number of morpholine rings is 1. The third-order valence-electron chi connectivity index (χ3n) is 5.24. The van der Waals surface area contributed by atoms with E-state index in [2.05, 4.69) is 10.00 Å². The van der Waals surface area contributed by atoms with Crippen molar-refractivity contribution in [3.8, 4) is 5.75 Å². The van der Waals surface area contributed by atoms with Crippen molar-refractivity contribution >= 4 is 0 Å². The normalized spacial score (nSPS) is 21.3. The standard InChI is InChI=1S/C20H27FN4O2/c21-15-5-4-8-17(11-15)27-14-19-23-20(12-18-13-22-9-10-26-18)25(24-19)16-6-2-1-3-7-16/h4-5,8,11,16,18,22H,1-3,6-7,9-10,12-14H2/t18-/m1/s1. The zero-order chi connectivity index (χ0) is 18.5. The number of nitrogens with zero attached hydrogens (tertiary/aromatic N) is 3. The Morgan fingerprint density at radius 1 is 1.26 bits per heavy atom. The number of halogens is 1. The van der Waals surface area contributed by atoms with E-state index >= 15 is 0 Å². The number of hydrogen-bond acceptors (Lipinski definition) is 5. The Balaban J connectivity index is 1.49. The number of nitrogens with one attached hydrogen (secondary N) is 1. The van der Waals surface area contributed by atoms with Gasteiger partial charge in [-0.05, 0) is 25.0 Å². The Bertz CT molecular complexity index is 739. The second-order valence-corrected chi connectivity index (χ2v) is 7.33. The number of aromatic nitrogens is 3. The highest BCUT2D eigenvalue weighted by molar-refractivity contribution is 5.22. The van der Waals surface area contributed by atoms with Gasteiger partial charge in [0, 0.05) is 25.6 Å². The van der Waals surface area contributed by atoms with Gasteiger partial charge in [0.05, 0.1) is 18.8 Å². The Kier molecular flexibility index (Phi) is 5.99. The van der Waals surface area contributed by atoms with Crippen LogP contribution in [0.4, 0.5) is 4.39 Å². The summed E-state index contributed by atoms with van der Waals surface area (Å²) in [5.74, 6) is 1.79. The quantitative estimate of drug-likeness (QED) is 0.842. The summed E-state index contributed by atoms with van der Waals surface area (Å²) in [7, 11) is 0. The molecule has 2 aliphatic rings. The van der Waals surface area contributed by atoms with Crippen LogP contribution in [0.15, 0.2) is 24.3 Å². The molecule has 1 aliphatic heterocycles. The van der Waals surface area contributed by atoms with Gasteiger partial charge in [-0.1, -0.05) is 25.3 Å². The maximum absolute atomic E-state index is 13.3. The summed E-state index contributed by atoms with van der Waals surface area (Å²) < 4.78 is 27.0. The Morgan fingerprint density at radius 2 is 2.15 bits per heavy atom. The summed E-state index contributed by atoms with van der Waals surface area (Å²) in [4.78, 5) is 4.74. The van der Waals surface area contributed by atoms with Crippen LogP contribution in [-0.2, 0) is 17.8 Å². The Morgan fingerprint density at radius 3 is 2.93 bits per heavy atom. The van der Waals surface area contributed by atoms with Gasteiger partial charge < -0.3 is 14.8 Å². The average Bonchev–Trinajstić information content (AvgIpc) is 3.11. The molecule has 2 fully saturated rings. The lowest BCUT2D eigenvalue weighted by molar-refractivity contribution is 0.0270. The molecule has 1 aromatic heterocycles. The van der Waals surface area contributed by atoms with Crippen molar-refractivity contribution in [2.75, 3.05) is 19.7 Å². The van der Waals surface area contributed by atoms with Gasteiger partial charge in [-0.15, -0.1) is 0 Å². The predicted octanol–water partition coefficient (Wildman–Crippen LogP) is 3.03. The van der Waals surface area contributed by atoms with Crippen molar-refractivity contribution in [3.05, 3.63) is 41.7 Å². The van der Waals surface area contributed by atoms with Gasteiger partial charge in [0.2, 0.25) is 0 Å². The van der Waals surface area contributed by atoms with E-state index in [0.29, 0.717) is 17.6 Å². The molecule has 0 radical (unpaired) electrons. The van der Waals surface area contributed by atoms with Crippen LogP contribution in [0, 0.1) is 5.82 Å². The summed E-state index contributed by atoms with van der Waals surface area (Å²) >= 11 is 0. The van der Waals surface area contributed by atoms with Crippen molar-refractivity contribution in [1.82, 2.24) is 20.1 Å². The van der Waals surface area contributed by atoms with Crippen LogP contribution >= 0.6 is 0 Å². The first-order valence-corrected chi connectivity index (χ1v) is 9.93. The number of rotatable bonds is 6. The SMILES string of the molecule is Fc1cccc(OCc2nc(C[C@@H]3CNCCO3)n(C3CCCCC3)n2)c1. The molecule has 0 amide bonds. The molecule has 1 N–H and O–H groups in total. The lowest BCUT2D eigenvalue weighted by Gasteiger charge is -2.26. The predicted molar refractivity (Wildman–Crippen MR) is 99.2 cm³/mol. The number of benzene rings is 1. The molecule has 1 aliphatic carbocycles. The highest BCUT2D eigenvalue weighted by atomic mass is 19.1. The summed E-state index contributed by atoms with van der Waals surface area (Å²) in [5.41, 5.74) is 0. The summed E-state index contributed by atoms with van der Waals surface area (Å²) in [6.45, 7) is 2.71. The maximum Gasteiger partial charge on any atom is 0.188 e. The van der Waals surface area contributed by atoms with Crippen molar-refractivity contribution in [2.45, 2.75) is 57.3 Å². The summed E-state index contributed by atoms with van der Waals surface area (Å²) in [6, 6.07) is 6.56.